The molecular formula is C26H21BrNP. The minimum atomic E-state index is -2.98. The average molecular weight is 458 g/mol. The normalized spacial score (nSPS) is 12.5. The number of hydrogen-bond acceptors (Lipinski definition) is 1. The molecule has 142 valence electrons. The Bertz CT molecular complexity index is 1030. The monoisotopic (exact) mass is 457 g/mol. The van der Waals surface area contributed by atoms with Crippen LogP contribution < -0.4 is 15.9 Å². The topological polar surface area (TPSA) is 23.8 Å². The number of benzene rings is 4. The molecule has 29 heavy (non-hydrogen) atoms. The molecule has 0 bridgehead atoms. The van der Waals surface area contributed by atoms with Crippen LogP contribution in [0.4, 0.5) is 0 Å². The molecule has 0 radical (unpaired) electrons. The summed E-state index contributed by atoms with van der Waals surface area (Å²) in [5, 5.41) is 10.1. The number of rotatable bonds is 5. The molecule has 0 fully saturated rings. The molecule has 0 saturated heterocycles. The third kappa shape index (κ3) is 3.42. The SMILES string of the molecule is N#Cc1ccc(CP(Br)(c2ccccc2)(c2ccccc2)c2ccccc2)cc1. The maximum absolute atomic E-state index is 9.19. The molecule has 0 aliphatic rings. The third-order valence-corrected chi connectivity index (χ3v) is 15.0. The molecule has 0 heterocycles. The van der Waals surface area contributed by atoms with E-state index in [1.165, 1.54) is 21.5 Å². The number of nitriles is 1. The quantitative estimate of drug-likeness (QED) is 0.342. The van der Waals surface area contributed by atoms with Gasteiger partial charge in [0.2, 0.25) is 0 Å². The van der Waals surface area contributed by atoms with Crippen LogP contribution in [-0.2, 0) is 6.16 Å². The van der Waals surface area contributed by atoms with E-state index in [-0.39, 0.29) is 0 Å². The van der Waals surface area contributed by atoms with Crippen LogP contribution >= 0.6 is 20.8 Å². The van der Waals surface area contributed by atoms with Crippen molar-refractivity contribution in [2.45, 2.75) is 6.16 Å². The van der Waals surface area contributed by atoms with Crippen molar-refractivity contribution in [3.63, 3.8) is 0 Å². The van der Waals surface area contributed by atoms with Crippen LogP contribution in [-0.4, -0.2) is 0 Å². The Hall–Kier alpha value is -2.72. The zero-order chi connectivity index (χ0) is 20.2. The fourth-order valence-electron chi connectivity index (χ4n) is 3.97. The molecule has 4 aromatic carbocycles. The predicted octanol–water partition coefficient (Wildman–Crippen LogP) is 5.90. The van der Waals surface area contributed by atoms with Crippen molar-refractivity contribution in [3.05, 3.63) is 126 Å². The molecule has 1 nitrogen and oxygen atoms in total. The summed E-state index contributed by atoms with van der Waals surface area (Å²) >= 11 is 4.46. The summed E-state index contributed by atoms with van der Waals surface area (Å²) in [6.45, 7) is 0. The van der Waals surface area contributed by atoms with Gasteiger partial charge >= 0.3 is 181 Å². The van der Waals surface area contributed by atoms with E-state index in [1.807, 2.05) is 12.1 Å². The van der Waals surface area contributed by atoms with Gasteiger partial charge in [0.15, 0.2) is 0 Å². The van der Waals surface area contributed by atoms with Gasteiger partial charge in [-0.3, -0.25) is 0 Å². The molecular weight excluding hydrogens is 437 g/mol. The Morgan fingerprint density at radius 1 is 0.586 bits per heavy atom. The first kappa shape index (κ1) is 19.6. The molecule has 0 atom stereocenters. The molecule has 0 amide bonds. The Morgan fingerprint density at radius 3 is 1.31 bits per heavy atom. The fourth-order valence-corrected chi connectivity index (χ4v) is 11.7. The first-order chi connectivity index (χ1) is 14.1. The molecule has 3 heteroatoms. The molecule has 0 aliphatic carbocycles. The van der Waals surface area contributed by atoms with Gasteiger partial charge in [-0.25, -0.2) is 0 Å². The molecule has 0 saturated carbocycles. The van der Waals surface area contributed by atoms with Crippen molar-refractivity contribution >= 4 is 36.7 Å². The molecule has 0 aliphatic heterocycles. The van der Waals surface area contributed by atoms with Gasteiger partial charge in [0.1, 0.15) is 0 Å². The summed E-state index contributed by atoms with van der Waals surface area (Å²) in [7, 11) is 0. The molecule has 4 rings (SSSR count). The minimum absolute atomic E-state index is 0.683. The Kier molecular flexibility index (Phi) is 5.37. The van der Waals surface area contributed by atoms with Gasteiger partial charge in [0, 0.05) is 0 Å². The van der Waals surface area contributed by atoms with Crippen molar-refractivity contribution in [1.29, 1.82) is 5.26 Å². The van der Waals surface area contributed by atoms with E-state index in [4.69, 9.17) is 0 Å². The maximum atomic E-state index is 9.19. The molecule has 0 unspecified atom stereocenters. The number of nitrogens with zero attached hydrogens (tertiary/aromatic N) is 1. The Morgan fingerprint density at radius 2 is 0.966 bits per heavy atom. The Labute approximate surface area is 180 Å². The van der Waals surface area contributed by atoms with Gasteiger partial charge in [-0.1, -0.05) is 0 Å². The second-order valence-corrected chi connectivity index (χ2v) is 16.1. The predicted molar refractivity (Wildman–Crippen MR) is 129 cm³/mol. The van der Waals surface area contributed by atoms with Gasteiger partial charge < -0.3 is 0 Å². The van der Waals surface area contributed by atoms with E-state index in [9.17, 15) is 5.26 Å². The fraction of sp³-hybridized carbons (Fsp3) is 0.0385. The summed E-state index contributed by atoms with van der Waals surface area (Å²) in [6, 6.07) is 42.5. The molecule has 0 N–H and O–H groups in total. The van der Waals surface area contributed by atoms with E-state index < -0.39 is 5.31 Å². The van der Waals surface area contributed by atoms with Gasteiger partial charge in [-0.05, 0) is 0 Å². The van der Waals surface area contributed by atoms with E-state index in [2.05, 4.69) is 125 Å². The van der Waals surface area contributed by atoms with Gasteiger partial charge in [0.05, 0.1) is 0 Å². The van der Waals surface area contributed by atoms with E-state index in [0.717, 1.165) is 6.16 Å². The van der Waals surface area contributed by atoms with Crippen LogP contribution in [0.1, 0.15) is 11.1 Å². The van der Waals surface area contributed by atoms with Crippen LogP contribution in [0, 0.1) is 11.3 Å². The van der Waals surface area contributed by atoms with Gasteiger partial charge in [-0.15, -0.1) is 0 Å². The Balaban J connectivity index is 2.05. The van der Waals surface area contributed by atoms with E-state index in [1.54, 1.807) is 0 Å². The first-order valence-electron chi connectivity index (χ1n) is 9.54. The van der Waals surface area contributed by atoms with Gasteiger partial charge in [-0.2, -0.15) is 0 Å². The van der Waals surface area contributed by atoms with Crippen LogP contribution in [0.3, 0.4) is 0 Å². The van der Waals surface area contributed by atoms with E-state index >= 15 is 0 Å². The molecule has 0 aromatic heterocycles. The average Bonchev–Trinajstić information content (AvgIpc) is 2.81. The first-order valence-corrected chi connectivity index (χ1v) is 14.0. The summed E-state index contributed by atoms with van der Waals surface area (Å²) < 4.78 is 0. The standard InChI is InChI=1S/C26H21BrNP/c27-29(24-10-4-1-5-11-24,25-12-6-2-7-13-25,26-14-8-3-9-15-26)21-23-18-16-22(20-28)17-19-23/h1-19H,21H2. The zero-order valence-corrected chi connectivity index (χ0v) is 18.4. The van der Waals surface area contributed by atoms with Crippen LogP contribution in [0.2, 0.25) is 0 Å². The third-order valence-electron chi connectivity index (χ3n) is 5.45. The summed E-state index contributed by atoms with van der Waals surface area (Å²) in [4.78, 5) is 0. The molecule has 4 aromatic rings. The van der Waals surface area contributed by atoms with Crippen molar-refractivity contribution in [2.75, 3.05) is 0 Å². The number of halogens is 1. The summed E-state index contributed by atoms with van der Waals surface area (Å²) in [6.07, 6.45) is 0.829. The van der Waals surface area contributed by atoms with Crippen molar-refractivity contribution in [3.8, 4) is 6.07 Å². The van der Waals surface area contributed by atoms with E-state index in [0.29, 0.717) is 5.56 Å². The number of hydrogen-bond donors (Lipinski definition) is 0. The second-order valence-electron chi connectivity index (χ2n) is 7.16. The van der Waals surface area contributed by atoms with Crippen molar-refractivity contribution in [2.24, 2.45) is 0 Å². The summed E-state index contributed by atoms with van der Waals surface area (Å²) in [5.41, 5.74) is 1.89. The van der Waals surface area contributed by atoms with Crippen molar-refractivity contribution in [1.82, 2.24) is 0 Å². The molecule has 0 spiro atoms. The van der Waals surface area contributed by atoms with Crippen LogP contribution in [0.15, 0.2) is 115 Å². The summed E-state index contributed by atoms with van der Waals surface area (Å²) in [5.74, 6) is 0. The zero-order valence-electron chi connectivity index (χ0n) is 15.9. The van der Waals surface area contributed by atoms with Gasteiger partial charge in [0.25, 0.3) is 0 Å². The van der Waals surface area contributed by atoms with Crippen LogP contribution in [0.25, 0.3) is 0 Å². The van der Waals surface area contributed by atoms with Crippen LogP contribution in [0.5, 0.6) is 0 Å². The second kappa shape index (κ2) is 7.96. The van der Waals surface area contributed by atoms with Crippen molar-refractivity contribution < 1.29 is 0 Å².